The molecule has 4 nitrogen and oxygen atoms in total. The minimum absolute atomic E-state index is 0.0964. The fourth-order valence-corrected chi connectivity index (χ4v) is 1.63. The average molecular weight is 305 g/mol. The second-order valence-corrected chi connectivity index (χ2v) is 3.65. The molecule has 1 rings (SSSR count). The van der Waals surface area contributed by atoms with E-state index in [-0.39, 0.29) is 22.5 Å². The van der Waals surface area contributed by atoms with Crippen LogP contribution < -0.4 is 0 Å². The summed E-state index contributed by atoms with van der Waals surface area (Å²) in [5.41, 5.74) is -1.08. The molecule has 0 atom stereocenters. The molecule has 0 aromatic carbocycles. The van der Waals surface area contributed by atoms with E-state index in [4.69, 9.17) is 5.26 Å². The van der Waals surface area contributed by atoms with E-state index in [1.54, 1.807) is 13.0 Å². The predicted octanol–water partition coefficient (Wildman–Crippen LogP) is 2.83. The Kier molecular flexibility index (Phi) is 4.52. The maximum absolute atomic E-state index is 12.7. The molecule has 17 heavy (non-hydrogen) atoms. The zero-order chi connectivity index (χ0) is 13.0. The summed E-state index contributed by atoms with van der Waals surface area (Å²) in [6.45, 7) is 1.70. The summed E-state index contributed by atoms with van der Waals surface area (Å²) in [7, 11) is 0. The van der Waals surface area contributed by atoms with Gasteiger partial charge in [0, 0.05) is 5.56 Å². The van der Waals surface area contributed by atoms with Gasteiger partial charge in [0.05, 0.1) is 12.2 Å². The standard InChI is InChI=1S/C10H7BrF2N2O2/c1-2-17-10(16)7-3-5(9(12)13)6(4-14)8(11)15-7/h3,9H,2H2,1H3. The van der Waals surface area contributed by atoms with E-state index in [1.165, 1.54) is 0 Å². The summed E-state index contributed by atoms with van der Waals surface area (Å²) < 4.78 is 29.9. The van der Waals surface area contributed by atoms with Gasteiger partial charge in [-0.15, -0.1) is 0 Å². The Balaban J connectivity index is 3.30. The molecule has 1 aromatic heterocycles. The lowest BCUT2D eigenvalue weighted by Crippen LogP contribution is -2.09. The van der Waals surface area contributed by atoms with Crippen molar-refractivity contribution >= 4 is 21.9 Å². The number of nitriles is 1. The van der Waals surface area contributed by atoms with Gasteiger partial charge in [-0.3, -0.25) is 0 Å². The fourth-order valence-electron chi connectivity index (χ4n) is 1.12. The van der Waals surface area contributed by atoms with Crippen LogP contribution in [-0.2, 0) is 4.74 Å². The third-order valence-corrected chi connectivity index (χ3v) is 2.41. The summed E-state index contributed by atoms with van der Waals surface area (Å²) in [6, 6.07) is 2.47. The van der Waals surface area contributed by atoms with Crippen molar-refractivity contribution in [3.05, 3.63) is 27.5 Å². The third kappa shape index (κ3) is 2.97. The van der Waals surface area contributed by atoms with Crippen LogP contribution in [0.3, 0.4) is 0 Å². The molecule has 7 heteroatoms. The van der Waals surface area contributed by atoms with Gasteiger partial charge in [-0.1, -0.05) is 0 Å². The van der Waals surface area contributed by atoms with Crippen molar-refractivity contribution in [3.8, 4) is 6.07 Å². The number of esters is 1. The molecule has 0 aliphatic heterocycles. The second-order valence-electron chi connectivity index (χ2n) is 2.90. The summed E-state index contributed by atoms with van der Waals surface area (Å²) in [4.78, 5) is 15.0. The normalized spacial score (nSPS) is 10.1. The number of halogens is 3. The highest BCUT2D eigenvalue weighted by Crippen LogP contribution is 2.27. The Morgan fingerprint density at radius 1 is 1.71 bits per heavy atom. The molecule has 0 aliphatic rings. The van der Waals surface area contributed by atoms with Gasteiger partial charge in [0.1, 0.15) is 16.4 Å². The minimum Gasteiger partial charge on any atom is -0.461 e. The maximum Gasteiger partial charge on any atom is 0.356 e. The highest BCUT2D eigenvalue weighted by molar-refractivity contribution is 9.10. The lowest BCUT2D eigenvalue weighted by molar-refractivity contribution is 0.0518. The van der Waals surface area contributed by atoms with Crippen molar-refractivity contribution in [3.63, 3.8) is 0 Å². The summed E-state index contributed by atoms with van der Waals surface area (Å²) in [5, 5.41) is 8.71. The minimum atomic E-state index is -2.86. The van der Waals surface area contributed by atoms with Crippen molar-refractivity contribution in [2.45, 2.75) is 13.3 Å². The highest BCUT2D eigenvalue weighted by atomic mass is 79.9. The van der Waals surface area contributed by atoms with Crippen LogP contribution in [-0.4, -0.2) is 17.6 Å². The van der Waals surface area contributed by atoms with Crippen LogP contribution in [0.1, 0.15) is 35.0 Å². The van der Waals surface area contributed by atoms with Gasteiger partial charge in [0.15, 0.2) is 0 Å². The molecule has 0 saturated carbocycles. The Morgan fingerprint density at radius 2 is 2.35 bits per heavy atom. The summed E-state index contributed by atoms with van der Waals surface area (Å²) in [5.74, 6) is -0.806. The van der Waals surface area contributed by atoms with Gasteiger partial charge in [-0.2, -0.15) is 5.26 Å². The number of nitrogens with zero attached hydrogens (tertiary/aromatic N) is 2. The SMILES string of the molecule is CCOC(=O)c1cc(C(F)F)c(C#N)c(Br)n1. The van der Waals surface area contributed by atoms with Gasteiger partial charge in [0.2, 0.25) is 0 Å². The quantitative estimate of drug-likeness (QED) is 0.636. The lowest BCUT2D eigenvalue weighted by Gasteiger charge is -2.07. The molecule has 0 bridgehead atoms. The number of aromatic nitrogens is 1. The van der Waals surface area contributed by atoms with Gasteiger partial charge < -0.3 is 4.74 Å². The smallest absolute Gasteiger partial charge is 0.356 e. The number of pyridine rings is 1. The molecule has 0 radical (unpaired) electrons. The van der Waals surface area contributed by atoms with E-state index in [9.17, 15) is 13.6 Å². The number of hydrogen-bond acceptors (Lipinski definition) is 4. The zero-order valence-corrected chi connectivity index (χ0v) is 10.3. The first-order valence-corrected chi connectivity index (χ1v) is 5.36. The first-order chi connectivity index (χ1) is 8.01. The molecular formula is C10H7BrF2N2O2. The number of ether oxygens (including phenoxy) is 1. The van der Waals surface area contributed by atoms with Crippen LogP contribution in [0.4, 0.5) is 8.78 Å². The largest absolute Gasteiger partial charge is 0.461 e. The first-order valence-electron chi connectivity index (χ1n) is 4.57. The second kappa shape index (κ2) is 5.68. The highest BCUT2D eigenvalue weighted by Gasteiger charge is 2.21. The molecule has 1 heterocycles. The maximum atomic E-state index is 12.7. The third-order valence-electron chi connectivity index (χ3n) is 1.84. The first kappa shape index (κ1) is 13.5. The van der Waals surface area contributed by atoms with Gasteiger partial charge in [-0.05, 0) is 28.9 Å². The average Bonchev–Trinajstić information content (AvgIpc) is 2.28. The molecule has 0 unspecified atom stereocenters. The van der Waals surface area contributed by atoms with Crippen LogP contribution in [0.15, 0.2) is 10.7 Å². The van der Waals surface area contributed by atoms with Crippen LogP contribution >= 0.6 is 15.9 Å². The molecule has 0 N–H and O–H groups in total. The Labute approximate surface area is 104 Å². The predicted molar refractivity (Wildman–Crippen MR) is 57.6 cm³/mol. The van der Waals surface area contributed by atoms with Crippen molar-refractivity contribution in [2.24, 2.45) is 0 Å². The lowest BCUT2D eigenvalue weighted by atomic mass is 10.1. The van der Waals surface area contributed by atoms with E-state index in [0.717, 1.165) is 6.07 Å². The van der Waals surface area contributed by atoms with Crippen molar-refractivity contribution in [2.75, 3.05) is 6.61 Å². The molecule has 0 amide bonds. The van der Waals surface area contributed by atoms with Crippen LogP contribution in [0.5, 0.6) is 0 Å². The van der Waals surface area contributed by atoms with Crippen LogP contribution in [0.2, 0.25) is 0 Å². The number of carbonyl (C=O) groups excluding carboxylic acids is 1. The number of hydrogen-bond donors (Lipinski definition) is 0. The van der Waals surface area contributed by atoms with Crippen molar-refractivity contribution in [1.29, 1.82) is 5.26 Å². The van der Waals surface area contributed by atoms with Crippen LogP contribution in [0, 0.1) is 11.3 Å². The van der Waals surface area contributed by atoms with Gasteiger partial charge in [-0.25, -0.2) is 18.6 Å². The molecule has 0 spiro atoms. The summed E-state index contributed by atoms with van der Waals surface area (Å²) in [6.07, 6.45) is -2.86. The molecule has 0 aliphatic carbocycles. The van der Waals surface area contributed by atoms with E-state index < -0.39 is 18.0 Å². The van der Waals surface area contributed by atoms with Crippen LogP contribution in [0.25, 0.3) is 0 Å². The number of carbonyl (C=O) groups is 1. The topological polar surface area (TPSA) is 63.0 Å². The van der Waals surface area contributed by atoms with E-state index >= 15 is 0 Å². The zero-order valence-electron chi connectivity index (χ0n) is 8.71. The molecule has 90 valence electrons. The monoisotopic (exact) mass is 304 g/mol. The van der Waals surface area contributed by atoms with Gasteiger partial charge >= 0.3 is 5.97 Å². The van der Waals surface area contributed by atoms with Gasteiger partial charge in [0.25, 0.3) is 6.43 Å². The summed E-state index contributed by atoms with van der Waals surface area (Å²) >= 11 is 2.87. The molecule has 1 aromatic rings. The number of alkyl halides is 2. The van der Waals surface area contributed by atoms with E-state index in [0.29, 0.717) is 0 Å². The molecule has 0 saturated heterocycles. The fraction of sp³-hybridized carbons (Fsp3) is 0.300. The Bertz CT molecular complexity index is 486. The number of rotatable bonds is 3. The van der Waals surface area contributed by atoms with Crippen molar-refractivity contribution < 1.29 is 18.3 Å². The Hall–Kier alpha value is -1.55. The Morgan fingerprint density at radius 3 is 2.82 bits per heavy atom. The van der Waals surface area contributed by atoms with E-state index in [1.807, 2.05) is 0 Å². The van der Waals surface area contributed by atoms with Crippen molar-refractivity contribution in [1.82, 2.24) is 4.98 Å². The van der Waals surface area contributed by atoms with E-state index in [2.05, 4.69) is 25.7 Å². The molecule has 0 fully saturated rings. The molecular weight excluding hydrogens is 298 g/mol.